The number of ketones is 1. The van der Waals surface area contributed by atoms with Gasteiger partial charge in [0.15, 0.2) is 5.78 Å². The van der Waals surface area contributed by atoms with E-state index >= 15 is 0 Å². The summed E-state index contributed by atoms with van der Waals surface area (Å²) < 4.78 is 0. The van der Waals surface area contributed by atoms with Crippen LogP contribution in [0, 0.1) is 16.7 Å². The molecule has 0 N–H and O–H groups in total. The number of fused-ring (bicyclic) bond motifs is 2. The molecule has 3 unspecified atom stereocenters. The van der Waals surface area contributed by atoms with Crippen LogP contribution in [0.3, 0.4) is 0 Å². The smallest absolute Gasteiger partial charge is 0.153 e. The van der Waals surface area contributed by atoms with Crippen LogP contribution in [0.2, 0.25) is 0 Å². The van der Waals surface area contributed by atoms with Crippen LogP contribution in [0.1, 0.15) is 26.7 Å². The minimum absolute atomic E-state index is 0.0880. The molecule has 0 radical (unpaired) electrons. The number of halogens is 2. The maximum atomic E-state index is 12.0. The average molecular weight is 310 g/mol. The van der Waals surface area contributed by atoms with E-state index in [1.54, 1.807) is 0 Å². The first-order valence-electron chi connectivity index (χ1n) is 4.72. The Morgan fingerprint density at radius 1 is 1.54 bits per heavy atom. The predicted octanol–water partition coefficient (Wildman–Crippen LogP) is 3.15. The van der Waals surface area contributed by atoms with Crippen molar-refractivity contribution >= 4 is 37.6 Å². The van der Waals surface area contributed by atoms with E-state index in [0.29, 0.717) is 11.7 Å². The summed E-state index contributed by atoms with van der Waals surface area (Å²) in [6.45, 7) is 4.39. The molecule has 0 aromatic heterocycles. The van der Waals surface area contributed by atoms with Gasteiger partial charge in [0, 0.05) is 10.7 Å². The zero-order chi connectivity index (χ0) is 9.85. The van der Waals surface area contributed by atoms with Crippen molar-refractivity contribution in [3.8, 4) is 0 Å². The fraction of sp³-hybridized carbons (Fsp3) is 0.900. The first-order chi connectivity index (χ1) is 5.97. The van der Waals surface area contributed by atoms with E-state index in [1.807, 2.05) is 0 Å². The van der Waals surface area contributed by atoms with Gasteiger partial charge in [-0.25, -0.2) is 0 Å². The molecule has 0 amide bonds. The Bertz CT molecular complexity index is 266. The van der Waals surface area contributed by atoms with Gasteiger partial charge in [0.2, 0.25) is 0 Å². The van der Waals surface area contributed by atoms with Gasteiger partial charge in [0.25, 0.3) is 0 Å². The summed E-state index contributed by atoms with van der Waals surface area (Å²) in [6, 6.07) is 0. The summed E-state index contributed by atoms with van der Waals surface area (Å²) >= 11 is 7.11. The number of Topliss-reactive ketones (excluding diaryl/α,β-unsaturated/α-hetero) is 1. The Kier molecular flexibility index (Phi) is 2.20. The van der Waals surface area contributed by atoms with Crippen LogP contribution in [-0.2, 0) is 4.79 Å². The van der Waals surface area contributed by atoms with E-state index in [2.05, 4.69) is 45.7 Å². The molecule has 0 saturated heterocycles. The van der Waals surface area contributed by atoms with Crippen molar-refractivity contribution < 1.29 is 4.79 Å². The first kappa shape index (κ1) is 10.2. The van der Waals surface area contributed by atoms with Crippen LogP contribution in [0.4, 0.5) is 0 Å². The van der Waals surface area contributed by atoms with Crippen LogP contribution in [0.5, 0.6) is 0 Å². The van der Waals surface area contributed by atoms with Crippen molar-refractivity contribution in [2.24, 2.45) is 16.7 Å². The monoisotopic (exact) mass is 308 g/mol. The van der Waals surface area contributed by atoms with Crippen molar-refractivity contribution in [2.75, 3.05) is 5.33 Å². The minimum atomic E-state index is -0.0880. The lowest BCUT2D eigenvalue weighted by Gasteiger charge is -2.34. The van der Waals surface area contributed by atoms with E-state index in [0.717, 1.165) is 11.8 Å². The largest absolute Gasteiger partial charge is 0.298 e. The number of hydrogen-bond donors (Lipinski definition) is 0. The lowest BCUT2D eigenvalue weighted by Crippen LogP contribution is -2.36. The van der Waals surface area contributed by atoms with E-state index in [9.17, 15) is 4.79 Å². The van der Waals surface area contributed by atoms with Crippen molar-refractivity contribution in [3.63, 3.8) is 0 Å². The van der Waals surface area contributed by atoms with E-state index in [4.69, 9.17) is 0 Å². The Labute approximate surface area is 95.9 Å². The second-order valence-corrected chi connectivity index (χ2v) is 6.34. The van der Waals surface area contributed by atoms with Crippen molar-refractivity contribution in [1.29, 1.82) is 0 Å². The molecule has 0 aliphatic heterocycles. The fourth-order valence-electron chi connectivity index (χ4n) is 3.07. The molecule has 0 spiro atoms. The number of rotatable bonds is 1. The highest BCUT2D eigenvalue weighted by atomic mass is 79.9. The molecule has 13 heavy (non-hydrogen) atoms. The molecule has 3 heteroatoms. The quantitative estimate of drug-likeness (QED) is 0.680. The third-order valence-electron chi connectivity index (χ3n) is 4.46. The van der Waals surface area contributed by atoms with Gasteiger partial charge in [-0.1, -0.05) is 45.7 Å². The van der Waals surface area contributed by atoms with Gasteiger partial charge in [-0.2, -0.15) is 0 Å². The predicted molar refractivity (Wildman–Crippen MR) is 60.5 cm³/mol. The number of carbonyl (C=O) groups excluding carboxylic acids is 1. The van der Waals surface area contributed by atoms with Crippen LogP contribution in [-0.4, -0.2) is 15.9 Å². The molecule has 0 aromatic rings. The maximum absolute atomic E-state index is 12.0. The van der Waals surface area contributed by atoms with Gasteiger partial charge in [-0.05, 0) is 24.2 Å². The topological polar surface area (TPSA) is 17.1 Å². The number of carbonyl (C=O) groups is 1. The van der Waals surface area contributed by atoms with Gasteiger partial charge in [0.1, 0.15) is 0 Å². The molecule has 2 fully saturated rings. The zero-order valence-corrected chi connectivity index (χ0v) is 11.1. The molecular formula is C10H14Br2O. The van der Waals surface area contributed by atoms with Crippen molar-refractivity contribution in [1.82, 2.24) is 0 Å². The maximum Gasteiger partial charge on any atom is 0.153 e. The number of alkyl halides is 2. The van der Waals surface area contributed by atoms with Gasteiger partial charge in [-0.15, -0.1) is 0 Å². The minimum Gasteiger partial charge on any atom is -0.298 e. The normalized spacial score (nSPS) is 54.6. The Morgan fingerprint density at radius 3 is 2.46 bits per heavy atom. The Hall–Kier alpha value is 0.630. The summed E-state index contributed by atoms with van der Waals surface area (Å²) in [7, 11) is 0. The second kappa shape index (κ2) is 2.82. The van der Waals surface area contributed by atoms with Crippen molar-refractivity contribution in [2.45, 2.75) is 31.5 Å². The Morgan fingerprint density at radius 2 is 2.15 bits per heavy atom. The van der Waals surface area contributed by atoms with Crippen LogP contribution >= 0.6 is 31.9 Å². The van der Waals surface area contributed by atoms with Crippen LogP contribution in [0.15, 0.2) is 0 Å². The summed E-state index contributed by atoms with van der Waals surface area (Å²) in [5, 5.41) is 0.939. The molecule has 0 aromatic carbocycles. The second-order valence-electron chi connectivity index (χ2n) is 4.79. The average Bonchev–Trinajstić information content (AvgIpc) is 2.44. The summed E-state index contributed by atoms with van der Waals surface area (Å²) in [6.07, 6.45) is 2.26. The van der Waals surface area contributed by atoms with Gasteiger partial charge in [-0.3, -0.25) is 4.79 Å². The SMILES string of the molecule is CC1(CBr)C2CC[C@@]1(C)C(=O)C2Br. The van der Waals surface area contributed by atoms with Crippen molar-refractivity contribution in [3.05, 3.63) is 0 Å². The zero-order valence-electron chi connectivity index (χ0n) is 7.94. The van der Waals surface area contributed by atoms with Gasteiger partial charge in [0.05, 0.1) is 4.83 Å². The lowest BCUT2D eigenvalue weighted by molar-refractivity contribution is -0.127. The summed E-state index contributed by atoms with van der Waals surface area (Å²) in [4.78, 5) is 12.1. The molecule has 4 atom stereocenters. The molecule has 2 aliphatic rings. The summed E-state index contributed by atoms with van der Waals surface area (Å²) in [5.41, 5.74) is 0.0770. The van der Waals surface area contributed by atoms with E-state index in [1.165, 1.54) is 6.42 Å². The Balaban J connectivity index is 2.49. The fourth-order valence-corrected chi connectivity index (χ4v) is 5.45. The summed E-state index contributed by atoms with van der Waals surface area (Å²) in [5.74, 6) is 0.954. The lowest BCUT2D eigenvalue weighted by atomic mass is 9.70. The molecule has 0 heterocycles. The van der Waals surface area contributed by atoms with Crippen LogP contribution < -0.4 is 0 Å². The number of hydrogen-bond acceptors (Lipinski definition) is 1. The highest BCUT2D eigenvalue weighted by Crippen LogP contribution is 2.65. The molecule has 2 aliphatic carbocycles. The van der Waals surface area contributed by atoms with Crippen LogP contribution in [0.25, 0.3) is 0 Å². The molecule has 2 rings (SSSR count). The highest BCUT2D eigenvalue weighted by Gasteiger charge is 2.67. The molecule has 1 nitrogen and oxygen atoms in total. The molecule has 74 valence electrons. The standard InChI is InChI=1S/C10H14Br2O/c1-9-4-3-6(7(12)8(9)13)10(9,2)5-11/h6-7H,3-5H2,1-2H3/t6?,7?,9-,10?/m0/s1. The molecule has 2 bridgehead atoms. The third kappa shape index (κ3) is 0.956. The highest BCUT2D eigenvalue weighted by molar-refractivity contribution is 9.10. The molecule has 2 saturated carbocycles. The van der Waals surface area contributed by atoms with E-state index in [-0.39, 0.29) is 15.7 Å². The third-order valence-corrected chi connectivity index (χ3v) is 6.68. The molecular weight excluding hydrogens is 296 g/mol. The van der Waals surface area contributed by atoms with Gasteiger partial charge >= 0.3 is 0 Å². The first-order valence-corrected chi connectivity index (χ1v) is 6.75. The van der Waals surface area contributed by atoms with Gasteiger partial charge < -0.3 is 0 Å². The van der Waals surface area contributed by atoms with E-state index < -0.39 is 0 Å².